The van der Waals surface area contributed by atoms with E-state index in [0.29, 0.717) is 0 Å². The van der Waals surface area contributed by atoms with Crippen molar-refractivity contribution in [1.82, 2.24) is 5.32 Å². The lowest BCUT2D eigenvalue weighted by Gasteiger charge is -2.18. The summed E-state index contributed by atoms with van der Waals surface area (Å²) in [5.41, 5.74) is 4.57. The van der Waals surface area contributed by atoms with Crippen molar-refractivity contribution < 1.29 is 4.79 Å². The second kappa shape index (κ2) is 5.07. The lowest BCUT2D eigenvalue weighted by atomic mass is 9.90. The zero-order valence-corrected chi connectivity index (χ0v) is 10.7. The smallest absolute Gasteiger partial charge is 0.188 e. The molecule has 0 spiro atoms. The molecule has 2 aliphatic rings. The van der Waals surface area contributed by atoms with Crippen LogP contribution in [0.2, 0.25) is 0 Å². The van der Waals surface area contributed by atoms with E-state index in [1.54, 1.807) is 0 Å². The molecule has 0 radical (unpaired) electrons. The second-order valence-corrected chi connectivity index (χ2v) is 5.21. The Morgan fingerprint density at radius 2 is 2.06 bits per heavy atom. The van der Waals surface area contributed by atoms with Gasteiger partial charge < -0.3 is 5.32 Å². The number of fused-ring (bicyclic) bond motifs is 1. The molecule has 0 fully saturated rings. The Hall–Kier alpha value is -1.41. The van der Waals surface area contributed by atoms with Crippen LogP contribution in [0.3, 0.4) is 0 Å². The quantitative estimate of drug-likeness (QED) is 0.806. The first-order valence-electron chi connectivity index (χ1n) is 6.91. The van der Waals surface area contributed by atoms with Crippen LogP contribution in [0.5, 0.6) is 0 Å². The molecule has 2 nitrogen and oxygen atoms in total. The number of allylic oxidation sites excluding steroid dienone is 2. The highest BCUT2D eigenvalue weighted by molar-refractivity contribution is 6.08. The van der Waals surface area contributed by atoms with E-state index in [9.17, 15) is 4.79 Å². The summed E-state index contributed by atoms with van der Waals surface area (Å²) in [6.07, 6.45) is 7.60. The van der Waals surface area contributed by atoms with E-state index >= 15 is 0 Å². The monoisotopic (exact) mass is 241 g/mol. The van der Waals surface area contributed by atoms with Gasteiger partial charge in [0.2, 0.25) is 0 Å². The fraction of sp³-hybridized carbons (Fsp3) is 0.438. The Kier molecular flexibility index (Phi) is 3.28. The third kappa shape index (κ3) is 2.25. The molecule has 94 valence electrons. The number of rotatable bonds is 2. The van der Waals surface area contributed by atoms with Gasteiger partial charge in [-0.05, 0) is 61.4 Å². The van der Waals surface area contributed by atoms with Crippen LogP contribution >= 0.6 is 0 Å². The normalized spacial score (nSPS) is 19.0. The molecule has 1 aromatic carbocycles. The molecule has 18 heavy (non-hydrogen) atoms. The van der Waals surface area contributed by atoms with Gasteiger partial charge in [-0.15, -0.1) is 0 Å². The van der Waals surface area contributed by atoms with E-state index in [4.69, 9.17) is 0 Å². The second-order valence-electron chi connectivity index (χ2n) is 5.21. The number of hydrogen-bond acceptors (Lipinski definition) is 2. The number of Topliss-reactive ketones (excluding diaryl/α,β-unsaturated/α-hetero) is 1. The molecule has 1 heterocycles. The van der Waals surface area contributed by atoms with Gasteiger partial charge in [0.15, 0.2) is 5.78 Å². The number of benzene rings is 1. The highest BCUT2D eigenvalue weighted by Crippen LogP contribution is 2.23. The Bertz CT molecular complexity index is 502. The van der Waals surface area contributed by atoms with Crippen LogP contribution in [0.25, 0.3) is 0 Å². The predicted molar refractivity (Wildman–Crippen MR) is 72.7 cm³/mol. The maximum Gasteiger partial charge on any atom is 0.188 e. The summed E-state index contributed by atoms with van der Waals surface area (Å²) in [7, 11) is 0. The minimum absolute atomic E-state index is 0.239. The first-order chi connectivity index (χ1) is 8.84. The van der Waals surface area contributed by atoms with Gasteiger partial charge in [-0.1, -0.05) is 18.2 Å². The molecular weight excluding hydrogens is 222 g/mol. The Morgan fingerprint density at radius 3 is 2.89 bits per heavy atom. The molecule has 1 N–H and O–H groups in total. The van der Waals surface area contributed by atoms with Gasteiger partial charge in [0.05, 0.1) is 0 Å². The van der Waals surface area contributed by atoms with Crippen molar-refractivity contribution in [2.24, 2.45) is 0 Å². The Labute approximate surface area is 108 Å². The molecule has 1 aliphatic carbocycles. The number of carbonyl (C=O) groups is 1. The van der Waals surface area contributed by atoms with E-state index in [2.05, 4.69) is 23.5 Å². The van der Waals surface area contributed by atoms with Gasteiger partial charge in [0.1, 0.15) is 0 Å². The SMILES string of the molecule is O=C(C1=CCCCC1)c1ccc2c(c1)CNCC2. The van der Waals surface area contributed by atoms with Crippen LogP contribution < -0.4 is 5.32 Å². The molecule has 2 heteroatoms. The Balaban J connectivity index is 1.87. The molecule has 3 rings (SSSR count). The lowest BCUT2D eigenvalue weighted by Crippen LogP contribution is -2.24. The average molecular weight is 241 g/mol. The van der Waals surface area contributed by atoms with Crippen molar-refractivity contribution >= 4 is 5.78 Å². The fourth-order valence-corrected chi connectivity index (χ4v) is 2.85. The van der Waals surface area contributed by atoms with Gasteiger partial charge in [0.25, 0.3) is 0 Å². The first kappa shape index (κ1) is 11.7. The molecule has 0 saturated carbocycles. The zero-order valence-electron chi connectivity index (χ0n) is 10.7. The zero-order chi connectivity index (χ0) is 12.4. The topological polar surface area (TPSA) is 29.1 Å². The van der Waals surface area contributed by atoms with Crippen LogP contribution in [0.4, 0.5) is 0 Å². The minimum Gasteiger partial charge on any atom is -0.312 e. The highest BCUT2D eigenvalue weighted by atomic mass is 16.1. The van der Waals surface area contributed by atoms with Crippen molar-refractivity contribution in [3.63, 3.8) is 0 Å². The summed E-state index contributed by atoms with van der Waals surface area (Å²) in [4.78, 5) is 12.4. The maximum absolute atomic E-state index is 12.4. The molecular formula is C16H19NO. The van der Waals surface area contributed by atoms with Gasteiger partial charge >= 0.3 is 0 Å². The van der Waals surface area contributed by atoms with Crippen molar-refractivity contribution in [1.29, 1.82) is 0 Å². The standard InChI is InChI=1S/C16H19NO/c18-16(13-4-2-1-3-5-13)14-7-6-12-8-9-17-11-15(12)10-14/h4,6-7,10,17H,1-3,5,8-9,11H2. The average Bonchev–Trinajstić information content (AvgIpc) is 2.47. The summed E-state index contributed by atoms with van der Waals surface area (Å²) in [5, 5.41) is 3.36. The summed E-state index contributed by atoms with van der Waals surface area (Å²) < 4.78 is 0. The molecule has 0 aromatic heterocycles. The molecule has 0 bridgehead atoms. The number of nitrogens with one attached hydrogen (secondary N) is 1. The number of hydrogen-bond donors (Lipinski definition) is 1. The van der Waals surface area contributed by atoms with Gasteiger partial charge in [-0.25, -0.2) is 0 Å². The third-order valence-corrected chi connectivity index (χ3v) is 3.94. The summed E-state index contributed by atoms with van der Waals surface area (Å²) in [6.45, 7) is 1.95. The van der Waals surface area contributed by atoms with Crippen molar-refractivity contribution in [3.8, 4) is 0 Å². The summed E-state index contributed by atoms with van der Waals surface area (Å²) in [6, 6.07) is 6.22. The van der Waals surface area contributed by atoms with E-state index in [1.165, 1.54) is 17.5 Å². The number of ketones is 1. The van der Waals surface area contributed by atoms with Crippen molar-refractivity contribution in [2.75, 3.05) is 6.54 Å². The minimum atomic E-state index is 0.239. The van der Waals surface area contributed by atoms with Crippen molar-refractivity contribution in [3.05, 3.63) is 46.5 Å². The largest absolute Gasteiger partial charge is 0.312 e. The highest BCUT2D eigenvalue weighted by Gasteiger charge is 2.16. The molecule has 1 aromatic rings. The summed E-state index contributed by atoms with van der Waals surface area (Å²) in [5.74, 6) is 0.239. The molecule has 0 amide bonds. The fourth-order valence-electron chi connectivity index (χ4n) is 2.85. The lowest BCUT2D eigenvalue weighted by molar-refractivity contribution is 0.102. The van der Waals surface area contributed by atoms with Crippen LogP contribution in [0, 0.1) is 0 Å². The molecule has 0 unspecified atom stereocenters. The van der Waals surface area contributed by atoms with Crippen molar-refractivity contribution in [2.45, 2.75) is 38.6 Å². The molecule has 0 atom stereocenters. The number of carbonyl (C=O) groups excluding carboxylic acids is 1. The van der Waals surface area contributed by atoms with Crippen LogP contribution in [-0.4, -0.2) is 12.3 Å². The Morgan fingerprint density at radius 1 is 1.11 bits per heavy atom. The maximum atomic E-state index is 12.4. The van der Waals surface area contributed by atoms with E-state index in [0.717, 1.165) is 49.9 Å². The third-order valence-electron chi connectivity index (χ3n) is 3.94. The summed E-state index contributed by atoms with van der Waals surface area (Å²) >= 11 is 0. The van der Waals surface area contributed by atoms with Crippen LogP contribution in [0.15, 0.2) is 29.8 Å². The van der Waals surface area contributed by atoms with Crippen LogP contribution in [0.1, 0.15) is 47.2 Å². The van der Waals surface area contributed by atoms with E-state index < -0.39 is 0 Å². The molecule has 1 aliphatic heterocycles. The molecule has 0 saturated heterocycles. The predicted octanol–water partition coefficient (Wildman–Crippen LogP) is 3.02. The first-order valence-corrected chi connectivity index (χ1v) is 6.91. The van der Waals surface area contributed by atoms with Gasteiger partial charge in [-0.2, -0.15) is 0 Å². The van der Waals surface area contributed by atoms with Gasteiger partial charge in [0, 0.05) is 12.1 Å². The van der Waals surface area contributed by atoms with Gasteiger partial charge in [-0.3, -0.25) is 4.79 Å². The van der Waals surface area contributed by atoms with Crippen LogP contribution in [-0.2, 0) is 13.0 Å². The van der Waals surface area contributed by atoms with E-state index in [-0.39, 0.29) is 5.78 Å². The van der Waals surface area contributed by atoms with E-state index in [1.807, 2.05) is 6.07 Å².